The van der Waals surface area contributed by atoms with Crippen molar-refractivity contribution < 1.29 is 0 Å². The minimum absolute atomic E-state index is 0.360. The lowest BCUT2D eigenvalue weighted by atomic mass is 9.44. The molecular weight excluding hydrogens is 192 g/mol. The van der Waals surface area contributed by atoms with E-state index in [9.17, 15) is 0 Å². The summed E-state index contributed by atoms with van der Waals surface area (Å²) in [6.45, 7) is 15.6. The fourth-order valence-corrected chi connectivity index (χ4v) is 3.38. The summed E-state index contributed by atoms with van der Waals surface area (Å²) in [5.41, 5.74) is 0.720. The van der Waals surface area contributed by atoms with Crippen LogP contribution in [0.1, 0.15) is 38.5 Å². The molecule has 0 nitrogen and oxygen atoms in total. The Morgan fingerprint density at radius 1 is 0.625 bits per heavy atom. The molecule has 1 rings (SSSR count). The fraction of sp³-hybridized carbons (Fsp3) is 0.500. The summed E-state index contributed by atoms with van der Waals surface area (Å²) in [5, 5.41) is 0. The van der Waals surface area contributed by atoms with E-state index in [0.29, 0.717) is 10.8 Å². The minimum Gasteiger partial charge on any atom is -0.103 e. The maximum absolute atomic E-state index is 3.91. The molecule has 0 saturated heterocycles. The number of hydrogen-bond acceptors (Lipinski definition) is 0. The summed E-state index contributed by atoms with van der Waals surface area (Å²) in [6, 6.07) is 0. The highest BCUT2D eigenvalue weighted by atomic mass is 14.6. The first-order valence-corrected chi connectivity index (χ1v) is 6.14. The van der Waals surface area contributed by atoms with Crippen molar-refractivity contribution >= 4 is 0 Å². The first kappa shape index (κ1) is 13.0. The second-order valence-corrected chi connectivity index (χ2v) is 5.03. The lowest BCUT2D eigenvalue weighted by Gasteiger charge is -2.60. The van der Waals surface area contributed by atoms with Gasteiger partial charge in [-0.2, -0.15) is 0 Å². The van der Waals surface area contributed by atoms with E-state index < -0.39 is 0 Å². The van der Waals surface area contributed by atoms with Crippen molar-refractivity contribution in [1.82, 2.24) is 0 Å². The molecule has 1 saturated carbocycles. The van der Waals surface area contributed by atoms with E-state index in [0.717, 1.165) is 25.7 Å². The molecule has 0 N–H and O–H groups in total. The summed E-state index contributed by atoms with van der Waals surface area (Å²) >= 11 is 0. The zero-order chi connectivity index (χ0) is 12.1. The van der Waals surface area contributed by atoms with Gasteiger partial charge in [-0.1, -0.05) is 24.3 Å². The van der Waals surface area contributed by atoms with E-state index >= 15 is 0 Å². The second-order valence-electron chi connectivity index (χ2n) is 5.03. The van der Waals surface area contributed by atoms with Gasteiger partial charge >= 0.3 is 0 Å². The second kappa shape index (κ2) is 5.34. The van der Waals surface area contributed by atoms with Crippen LogP contribution in [0, 0.1) is 10.8 Å². The number of allylic oxidation sites excluding steroid dienone is 4. The molecule has 0 spiro atoms. The molecule has 1 aliphatic carbocycles. The monoisotopic (exact) mass is 216 g/mol. The van der Waals surface area contributed by atoms with Crippen molar-refractivity contribution in [2.45, 2.75) is 38.5 Å². The van der Waals surface area contributed by atoms with Gasteiger partial charge < -0.3 is 0 Å². The van der Waals surface area contributed by atoms with Crippen molar-refractivity contribution in [1.29, 1.82) is 0 Å². The topological polar surface area (TPSA) is 0 Å². The van der Waals surface area contributed by atoms with Gasteiger partial charge in [0.15, 0.2) is 0 Å². The molecular formula is C16H24. The summed E-state index contributed by atoms with van der Waals surface area (Å²) in [6.07, 6.45) is 15.1. The minimum atomic E-state index is 0.360. The van der Waals surface area contributed by atoms with Crippen LogP contribution in [0.25, 0.3) is 0 Å². The molecule has 0 unspecified atom stereocenters. The van der Waals surface area contributed by atoms with E-state index in [2.05, 4.69) is 50.6 Å². The molecule has 0 aromatic carbocycles. The van der Waals surface area contributed by atoms with Crippen LogP contribution >= 0.6 is 0 Å². The van der Waals surface area contributed by atoms with Crippen LogP contribution in [-0.2, 0) is 0 Å². The molecule has 0 heteroatoms. The maximum atomic E-state index is 3.91. The van der Waals surface area contributed by atoms with Gasteiger partial charge in [-0.15, -0.1) is 26.3 Å². The molecule has 0 aromatic rings. The third kappa shape index (κ3) is 1.93. The van der Waals surface area contributed by atoms with Gasteiger partial charge in [-0.25, -0.2) is 0 Å². The average molecular weight is 216 g/mol. The first-order valence-electron chi connectivity index (χ1n) is 6.14. The van der Waals surface area contributed by atoms with Crippen molar-refractivity contribution in [2.75, 3.05) is 0 Å². The molecule has 1 aliphatic rings. The third-order valence-electron chi connectivity index (χ3n) is 4.35. The van der Waals surface area contributed by atoms with E-state index in [1.165, 1.54) is 12.8 Å². The van der Waals surface area contributed by atoms with Crippen molar-refractivity contribution in [3.63, 3.8) is 0 Å². The van der Waals surface area contributed by atoms with Gasteiger partial charge in [0.25, 0.3) is 0 Å². The highest BCUT2D eigenvalue weighted by Crippen LogP contribution is 2.65. The predicted molar refractivity (Wildman–Crippen MR) is 73.4 cm³/mol. The molecule has 0 aromatic heterocycles. The van der Waals surface area contributed by atoms with Gasteiger partial charge in [-0.3, -0.25) is 0 Å². The van der Waals surface area contributed by atoms with Gasteiger partial charge in [0.05, 0.1) is 0 Å². The summed E-state index contributed by atoms with van der Waals surface area (Å²) in [5.74, 6) is 0. The maximum Gasteiger partial charge on any atom is -0.0166 e. The molecule has 88 valence electrons. The van der Waals surface area contributed by atoms with E-state index in [1.807, 2.05) is 0 Å². The van der Waals surface area contributed by atoms with Gasteiger partial charge in [0, 0.05) is 0 Å². The summed E-state index contributed by atoms with van der Waals surface area (Å²) in [7, 11) is 0. The molecule has 0 atom stereocenters. The van der Waals surface area contributed by atoms with Gasteiger partial charge in [0.2, 0.25) is 0 Å². The van der Waals surface area contributed by atoms with Gasteiger partial charge in [-0.05, 0) is 49.4 Å². The Bertz CT molecular complexity index is 232. The Balaban J connectivity index is 2.96. The van der Waals surface area contributed by atoms with Gasteiger partial charge in [0.1, 0.15) is 0 Å². The molecule has 16 heavy (non-hydrogen) atoms. The lowest BCUT2D eigenvalue weighted by Crippen LogP contribution is -2.50. The van der Waals surface area contributed by atoms with E-state index in [-0.39, 0.29) is 0 Å². The molecule has 0 heterocycles. The number of rotatable bonds is 8. The quantitative estimate of drug-likeness (QED) is 0.498. The Labute approximate surface area is 100 Å². The fourth-order valence-electron chi connectivity index (χ4n) is 3.38. The molecule has 0 amide bonds. The van der Waals surface area contributed by atoms with Crippen molar-refractivity contribution in [2.24, 2.45) is 10.8 Å². The largest absolute Gasteiger partial charge is 0.103 e. The van der Waals surface area contributed by atoms with Crippen LogP contribution in [0.2, 0.25) is 0 Å². The zero-order valence-corrected chi connectivity index (χ0v) is 10.4. The SMILES string of the molecule is C=CCC1(CC=C)CCC1(CC=C)CC=C. The van der Waals surface area contributed by atoms with Crippen LogP contribution in [0.5, 0.6) is 0 Å². The highest BCUT2D eigenvalue weighted by Gasteiger charge is 2.55. The Morgan fingerprint density at radius 2 is 0.875 bits per heavy atom. The van der Waals surface area contributed by atoms with Crippen LogP contribution in [0.3, 0.4) is 0 Å². The average Bonchev–Trinajstić information content (AvgIpc) is 2.27. The third-order valence-corrected chi connectivity index (χ3v) is 4.35. The van der Waals surface area contributed by atoms with Crippen LogP contribution in [0.4, 0.5) is 0 Å². The molecule has 1 fully saturated rings. The molecule has 0 aliphatic heterocycles. The first-order chi connectivity index (χ1) is 7.70. The smallest absolute Gasteiger partial charge is 0.0166 e. The van der Waals surface area contributed by atoms with Crippen molar-refractivity contribution in [3.8, 4) is 0 Å². The normalized spacial score (nSPS) is 20.5. The van der Waals surface area contributed by atoms with Crippen LogP contribution in [0.15, 0.2) is 50.6 Å². The van der Waals surface area contributed by atoms with E-state index in [4.69, 9.17) is 0 Å². The lowest BCUT2D eigenvalue weighted by molar-refractivity contribution is -0.0733. The molecule has 0 radical (unpaired) electrons. The highest BCUT2D eigenvalue weighted by molar-refractivity contribution is 5.14. The zero-order valence-electron chi connectivity index (χ0n) is 10.4. The van der Waals surface area contributed by atoms with Crippen LogP contribution in [-0.4, -0.2) is 0 Å². The number of hydrogen-bond donors (Lipinski definition) is 0. The van der Waals surface area contributed by atoms with Crippen molar-refractivity contribution in [3.05, 3.63) is 50.6 Å². The summed E-state index contributed by atoms with van der Waals surface area (Å²) in [4.78, 5) is 0. The molecule has 0 bridgehead atoms. The standard InChI is InChI=1S/C16H24/c1-5-9-15(10-6-2)13-14-16(15,11-7-3)12-8-4/h5-8H,1-4,9-14H2. The Hall–Kier alpha value is -1.04. The Kier molecular flexibility index (Phi) is 4.35. The van der Waals surface area contributed by atoms with Crippen LogP contribution < -0.4 is 0 Å². The van der Waals surface area contributed by atoms with E-state index in [1.54, 1.807) is 0 Å². The Morgan fingerprint density at radius 3 is 1.00 bits per heavy atom. The summed E-state index contributed by atoms with van der Waals surface area (Å²) < 4.78 is 0. The predicted octanol–water partition coefficient (Wildman–Crippen LogP) is 5.06.